The molecule has 0 spiro atoms. The van der Waals surface area contributed by atoms with Gasteiger partial charge in [0.15, 0.2) is 5.78 Å². The van der Waals surface area contributed by atoms with Gasteiger partial charge >= 0.3 is 0 Å². The van der Waals surface area contributed by atoms with E-state index < -0.39 is 0 Å². The summed E-state index contributed by atoms with van der Waals surface area (Å²) in [6.07, 6.45) is 5.99. The van der Waals surface area contributed by atoms with Gasteiger partial charge < -0.3 is 4.42 Å². The van der Waals surface area contributed by atoms with Crippen LogP contribution >= 0.6 is 0 Å². The van der Waals surface area contributed by atoms with Gasteiger partial charge in [-0.15, -0.1) is 0 Å². The van der Waals surface area contributed by atoms with Gasteiger partial charge in [-0.2, -0.15) is 0 Å². The average molecular weight is 297 g/mol. The number of nitrogens with one attached hydrogen (secondary N) is 1. The summed E-state index contributed by atoms with van der Waals surface area (Å²) in [6, 6.07) is 3.69. The molecule has 6 heteroatoms. The van der Waals surface area contributed by atoms with E-state index in [1.54, 1.807) is 6.26 Å². The summed E-state index contributed by atoms with van der Waals surface area (Å²) in [5.74, 6) is 1.14. The number of rotatable bonds is 3. The highest BCUT2D eigenvalue weighted by Gasteiger charge is 2.32. The molecule has 0 bridgehead atoms. The molecule has 1 unspecified atom stereocenters. The molecule has 0 aromatic carbocycles. The maximum atomic E-state index is 12.2. The first-order valence-electron chi connectivity index (χ1n) is 7.44. The van der Waals surface area contributed by atoms with Gasteiger partial charge in [0, 0.05) is 30.9 Å². The standard InChI is InChI=1S/C16H15N3O3/c20-13-7-10(14-2-1-5-22-14)6-12-11(13)8-17-16(18-12)19-15(21)9-3-4-9/h1-2,5,8-10H,3-4,6-7H2,(H,17,18,19,21). The fourth-order valence-corrected chi connectivity index (χ4v) is 2.79. The third kappa shape index (κ3) is 2.41. The summed E-state index contributed by atoms with van der Waals surface area (Å²) >= 11 is 0. The summed E-state index contributed by atoms with van der Waals surface area (Å²) in [7, 11) is 0. The topological polar surface area (TPSA) is 85.1 Å². The van der Waals surface area contributed by atoms with Gasteiger partial charge in [0.1, 0.15) is 5.76 Å². The number of fused-ring (bicyclic) bond motifs is 1. The Hall–Kier alpha value is -2.50. The van der Waals surface area contributed by atoms with E-state index in [9.17, 15) is 9.59 Å². The first-order valence-corrected chi connectivity index (χ1v) is 7.44. The van der Waals surface area contributed by atoms with Crippen LogP contribution in [-0.2, 0) is 11.2 Å². The van der Waals surface area contributed by atoms with Crippen molar-refractivity contribution in [3.63, 3.8) is 0 Å². The first-order chi connectivity index (χ1) is 10.7. The van der Waals surface area contributed by atoms with Crippen molar-refractivity contribution < 1.29 is 14.0 Å². The molecular formula is C16H15N3O3. The lowest BCUT2D eigenvalue weighted by atomic mass is 9.85. The summed E-state index contributed by atoms with van der Waals surface area (Å²) in [6.45, 7) is 0. The third-order valence-electron chi connectivity index (χ3n) is 4.17. The zero-order valence-corrected chi connectivity index (χ0v) is 11.9. The van der Waals surface area contributed by atoms with Crippen LogP contribution in [0.2, 0.25) is 0 Å². The zero-order valence-electron chi connectivity index (χ0n) is 11.9. The lowest BCUT2D eigenvalue weighted by Gasteiger charge is -2.21. The van der Waals surface area contributed by atoms with Crippen LogP contribution in [0.1, 0.15) is 47.0 Å². The van der Waals surface area contributed by atoms with Crippen molar-refractivity contribution in [2.24, 2.45) is 5.92 Å². The van der Waals surface area contributed by atoms with Crippen molar-refractivity contribution >= 4 is 17.6 Å². The third-order valence-corrected chi connectivity index (χ3v) is 4.17. The maximum absolute atomic E-state index is 12.2. The Labute approximate surface area is 127 Å². The van der Waals surface area contributed by atoms with Crippen molar-refractivity contribution in [1.82, 2.24) is 9.97 Å². The van der Waals surface area contributed by atoms with E-state index in [0.717, 1.165) is 18.6 Å². The van der Waals surface area contributed by atoms with E-state index in [2.05, 4.69) is 15.3 Å². The highest BCUT2D eigenvalue weighted by Crippen LogP contribution is 2.33. The molecule has 0 radical (unpaired) electrons. The number of nitrogens with zero attached hydrogens (tertiary/aromatic N) is 2. The zero-order chi connectivity index (χ0) is 15.1. The highest BCUT2D eigenvalue weighted by atomic mass is 16.3. The minimum absolute atomic E-state index is 0.00289. The van der Waals surface area contributed by atoms with E-state index in [4.69, 9.17) is 4.42 Å². The normalized spacial score (nSPS) is 20.5. The largest absolute Gasteiger partial charge is 0.469 e. The van der Waals surface area contributed by atoms with Crippen molar-refractivity contribution in [2.75, 3.05) is 5.32 Å². The van der Waals surface area contributed by atoms with Crippen molar-refractivity contribution in [1.29, 1.82) is 0 Å². The number of furan rings is 1. The number of Topliss-reactive ketones (excluding diaryl/α,β-unsaturated/α-hetero) is 1. The molecule has 6 nitrogen and oxygen atoms in total. The van der Waals surface area contributed by atoms with Crippen LogP contribution in [0, 0.1) is 5.92 Å². The van der Waals surface area contributed by atoms with Gasteiger partial charge in [0.2, 0.25) is 11.9 Å². The van der Waals surface area contributed by atoms with Crippen LogP contribution in [-0.4, -0.2) is 21.7 Å². The monoisotopic (exact) mass is 297 g/mol. The maximum Gasteiger partial charge on any atom is 0.229 e. The number of amides is 1. The summed E-state index contributed by atoms with van der Waals surface area (Å²) < 4.78 is 5.41. The predicted octanol–water partition coefficient (Wildman–Crippen LogP) is 2.33. The second kappa shape index (κ2) is 5.05. The first kappa shape index (κ1) is 13.2. The molecule has 22 heavy (non-hydrogen) atoms. The molecule has 0 aliphatic heterocycles. The summed E-state index contributed by atoms with van der Waals surface area (Å²) in [5, 5.41) is 2.72. The van der Waals surface area contributed by atoms with E-state index in [0.29, 0.717) is 24.1 Å². The Kier molecular flexibility index (Phi) is 3.03. The van der Waals surface area contributed by atoms with E-state index in [1.165, 1.54) is 6.20 Å². The Balaban J connectivity index is 1.59. The van der Waals surface area contributed by atoms with Gasteiger partial charge in [-0.1, -0.05) is 0 Å². The molecule has 1 N–H and O–H groups in total. The van der Waals surface area contributed by atoms with Crippen molar-refractivity contribution in [3.05, 3.63) is 41.6 Å². The van der Waals surface area contributed by atoms with Crippen LogP contribution in [0.15, 0.2) is 29.0 Å². The van der Waals surface area contributed by atoms with Gasteiger partial charge in [-0.05, 0) is 25.0 Å². The smallest absolute Gasteiger partial charge is 0.229 e. The van der Waals surface area contributed by atoms with Gasteiger partial charge in [0.25, 0.3) is 0 Å². The minimum Gasteiger partial charge on any atom is -0.469 e. The molecular weight excluding hydrogens is 282 g/mol. The van der Waals surface area contributed by atoms with E-state index >= 15 is 0 Å². The fraction of sp³-hybridized carbons (Fsp3) is 0.375. The molecule has 2 heterocycles. The number of carbonyl (C=O) groups is 2. The summed E-state index contributed by atoms with van der Waals surface area (Å²) in [5.41, 5.74) is 1.23. The number of hydrogen-bond acceptors (Lipinski definition) is 5. The number of ketones is 1. The average Bonchev–Trinajstić information content (AvgIpc) is 3.22. The molecule has 2 aromatic rings. The number of aromatic nitrogens is 2. The number of carbonyl (C=O) groups excluding carboxylic acids is 2. The predicted molar refractivity (Wildman–Crippen MR) is 77.5 cm³/mol. The van der Waals surface area contributed by atoms with Crippen molar-refractivity contribution in [3.8, 4) is 0 Å². The lowest BCUT2D eigenvalue weighted by molar-refractivity contribution is -0.117. The van der Waals surface area contributed by atoms with Gasteiger partial charge in [-0.3, -0.25) is 14.9 Å². The van der Waals surface area contributed by atoms with Crippen LogP contribution in [0.5, 0.6) is 0 Å². The number of hydrogen-bond donors (Lipinski definition) is 1. The van der Waals surface area contributed by atoms with Crippen LogP contribution < -0.4 is 5.32 Å². The lowest BCUT2D eigenvalue weighted by Crippen LogP contribution is -2.22. The fourth-order valence-electron chi connectivity index (χ4n) is 2.79. The molecule has 2 aliphatic rings. The van der Waals surface area contributed by atoms with E-state index in [-0.39, 0.29) is 29.5 Å². The Morgan fingerprint density at radius 3 is 2.91 bits per heavy atom. The molecule has 2 aliphatic carbocycles. The molecule has 1 saturated carbocycles. The molecule has 1 amide bonds. The Morgan fingerprint density at radius 1 is 1.32 bits per heavy atom. The molecule has 1 fully saturated rings. The second-order valence-corrected chi connectivity index (χ2v) is 5.86. The minimum atomic E-state index is -0.0373. The van der Waals surface area contributed by atoms with E-state index in [1.807, 2.05) is 12.1 Å². The van der Waals surface area contributed by atoms with Crippen molar-refractivity contribution in [2.45, 2.75) is 31.6 Å². The Bertz CT molecular complexity index is 735. The molecule has 112 valence electrons. The highest BCUT2D eigenvalue weighted by molar-refractivity contribution is 5.99. The molecule has 1 atom stereocenters. The van der Waals surface area contributed by atoms with Gasteiger partial charge in [-0.25, -0.2) is 9.97 Å². The molecule has 0 saturated heterocycles. The summed E-state index contributed by atoms with van der Waals surface area (Å²) in [4.78, 5) is 32.5. The molecule has 2 aromatic heterocycles. The van der Waals surface area contributed by atoms with Crippen LogP contribution in [0.4, 0.5) is 5.95 Å². The Morgan fingerprint density at radius 2 is 2.18 bits per heavy atom. The SMILES string of the molecule is O=C1CC(c2ccco2)Cc2nc(NC(=O)C3CC3)ncc21. The second-order valence-electron chi connectivity index (χ2n) is 5.86. The quantitative estimate of drug-likeness (QED) is 0.939. The number of anilines is 1. The molecule has 4 rings (SSSR count). The van der Waals surface area contributed by atoms with Gasteiger partial charge in [0.05, 0.1) is 17.5 Å². The van der Waals surface area contributed by atoms with Crippen LogP contribution in [0.25, 0.3) is 0 Å². The van der Waals surface area contributed by atoms with Crippen LogP contribution in [0.3, 0.4) is 0 Å².